The molecule has 3 rings (SSSR count). The third kappa shape index (κ3) is 5.35. The molecule has 0 saturated heterocycles. The van der Waals surface area contributed by atoms with Gasteiger partial charge in [-0.2, -0.15) is 0 Å². The van der Waals surface area contributed by atoms with E-state index < -0.39 is 5.82 Å². The van der Waals surface area contributed by atoms with Crippen LogP contribution in [0.3, 0.4) is 0 Å². The maximum absolute atomic E-state index is 13.2. The minimum Gasteiger partial charge on any atom is -0.497 e. The molecular formula is C25H25FN2O3. The Balaban J connectivity index is 1.80. The Morgan fingerprint density at radius 3 is 2.29 bits per heavy atom. The first-order valence-corrected chi connectivity index (χ1v) is 9.88. The number of likely N-dealkylation sites (N-methyl/N-ethyl adjacent to an activating group) is 1. The second-order valence-corrected chi connectivity index (χ2v) is 7.35. The summed E-state index contributed by atoms with van der Waals surface area (Å²) in [5.74, 6) is -0.357. The highest BCUT2D eigenvalue weighted by atomic mass is 19.1. The van der Waals surface area contributed by atoms with Gasteiger partial charge < -0.3 is 15.0 Å². The summed E-state index contributed by atoms with van der Waals surface area (Å²) in [5, 5.41) is 2.94. The van der Waals surface area contributed by atoms with E-state index in [1.807, 2.05) is 43.3 Å². The van der Waals surface area contributed by atoms with Crippen molar-refractivity contribution in [3.05, 3.63) is 101 Å². The Hall–Kier alpha value is -3.51. The van der Waals surface area contributed by atoms with Crippen molar-refractivity contribution in [1.29, 1.82) is 0 Å². The molecule has 5 nitrogen and oxygen atoms in total. The summed E-state index contributed by atoms with van der Waals surface area (Å²) in [6, 6.07) is 19.5. The summed E-state index contributed by atoms with van der Waals surface area (Å²) in [5.41, 5.74) is 1.87. The molecule has 160 valence electrons. The van der Waals surface area contributed by atoms with Gasteiger partial charge in [-0.15, -0.1) is 0 Å². The molecule has 0 aliphatic heterocycles. The summed E-state index contributed by atoms with van der Waals surface area (Å²) in [7, 11) is 5.48. The molecule has 1 unspecified atom stereocenters. The number of amides is 1. The molecule has 0 heterocycles. The Labute approximate surface area is 181 Å². The fraction of sp³-hybridized carbons (Fsp3) is 0.200. The van der Waals surface area contributed by atoms with Crippen LogP contribution < -0.4 is 10.1 Å². The zero-order valence-corrected chi connectivity index (χ0v) is 17.8. The fourth-order valence-corrected chi connectivity index (χ4v) is 3.37. The number of benzene rings is 3. The first-order valence-electron chi connectivity index (χ1n) is 9.88. The van der Waals surface area contributed by atoms with Gasteiger partial charge in [-0.05, 0) is 62.1 Å². The van der Waals surface area contributed by atoms with E-state index >= 15 is 0 Å². The topological polar surface area (TPSA) is 58.6 Å². The number of carbonyl (C=O) groups excluding carboxylic acids is 2. The average molecular weight is 420 g/mol. The molecule has 6 heteroatoms. The van der Waals surface area contributed by atoms with E-state index in [4.69, 9.17) is 4.74 Å². The molecule has 31 heavy (non-hydrogen) atoms. The van der Waals surface area contributed by atoms with Gasteiger partial charge in [0.15, 0.2) is 5.78 Å². The Kier molecular flexibility index (Phi) is 7.15. The van der Waals surface area contributed by atoms with Crippen LogP contribution in [-0.4, -0.2) is 44.3 Å². The van der Waals surface area contributed by atoms with Crippen molar-refractivity contribution in [3.8, 4) is 5.75 Å². The Morgan fingerprint density at radius 2 is 1.65 bits per heavy atom. The number of hydrogen-bond acceptors (Lipinski definition) is 4. The maximum atomic E-state index is 13.2. The molecule has 0 radical (unpaired) electrons. The molecule has 0 spiro atoms. The predicted octanol–water partition coefficient (Wildman–Crippen LogP) is 4.10. The third-order valence-electron chi connectivity index (χ3n) is 5.08. The van der Waals surface area contributed by atoms with Gasteiger partial charge in [-0.25, -0.2) is 4.39 Å². The first-order chi connectivity index (χ1) is 14.9. The number of rotatable bonds is 8. The smallest absolute Gasteiger partial charge is 0.252 e. The highest BCUT2D eigenvalue weighted by Crippen LogP contribution is 2.22. The number of methoxy groups -OCH3 is 1. The molecule has 0 bridgehead atoms. The minimum atomic E-state index is -0.421. The van der Waals surface area contributed by atoms with Gasteiger partial charge in [-0.1, -0.05) is 30.3 Å². The fourth-order valence-electron chi connectivity index (χ4n) is 3.37. The van der Waals surface area contributed by atoms with Gasteiger partial charge in [0.25, 0.3) is 5.91 Å². The van der Waals surface area contributed by atoms with E-state index in [9.17, 15) is 14.0 Å². The van der Waals surface area contributed by atoms with Crippen molar-refractivity contribution in [2.75, 3.05) is 27.7 Å². The van der Waals surface area contributed by atoms with Crippen molar-refractivity contribution >= 4 is 11.7 Å². The highest BCUT2D eigenvalue weighted by Gasteiger charge is 2.20. The van der Waals surface area contributed by atoms with Crippen LogP contribution in [0.4, 0.5) is 4.39 Å². The van der Waals surface area contributed by atoms with E-state index in [1.54, 1.807) is 31.4 Å². The van der Waals surface area contributed by atoms with Crippen LogP contribution in [0.2, 0.25) is 0 Å². The number of halogens is 1. The first kappa shape index (κ1) is 22.2. The minimum absolute atomic E-state index is 0.0842. The average Bonchev–Trinajstić information content (AvgIpc) is 2.79. The predicted molar refractivity (Wildman–Crippen MR) is 118 cm³/mol. The van der Waals surface area contributed by atoms with E-state index in [0.717, 1.165) is 11.3 Å². The van der Waals surface area contributed by atoms with Gasteiger partial charge in [0.1, 0.15) is 11.6 Å². The maximum Gasteiger partial charge on any atom is 0.252 e. The van der Waals surface area contributed by atoms with Gasteiger partial charge in [0.2, 0.25) is 0 Å². The van der Waals surface area contributed by atoms with Crippen molar-refractivity contribution in [2.24, 2.45) is 0 Å². The molecule has 0 saturated carbocycles. The van der Waals surface area contributed by atoms with E-state index in [1.165, 1.54) is 24.3 Å². The van der Waals surface area contributed by atoms with Crippen LogP contribution in [-0.2, 0) is 0 Å². The third-order valence-corrected chi connectivity index (χ3v) is 5.08. The second-order valence-electron chi connectivity index (χ2n) is 7.35. The molecule has 1 N–H and O–H groups in total. The van der Waals surface area contributed by atoms with Crippen molar-refractivity contribution in [3.63, 3.8) is 0 Å². The van der Waals surface area contributed by atoms with Crippen LogP contribution in [0.25, 0.3) is 0 Å². The molecule has 3 aromatic rings. The SMILES string of the molecule is COc1cccc(C(CNC(=O)c2ccccc2C(=O)c2ccc(F)cc2)N(C)C)c1. The highest BCUT2D eigenvalue weighted by molar-refractivity contribution is 6.15. The van der Waals surface area contributed by atoms with Gasteiger partial charge >= 0.3 is 0 Å². The Morgan fingerprint density at radius 1 is 0.968 bits per heavy atom. The molecule has 0 aliphatic rings. The summed E-state index contributed by atoms with van der Waals surface area (Å²) >= 11 is 0. The van der Waals surface area contributed by atoms with Crippen LogP contribution in [0, 0.1) is 5.82 Å². The lowest BCUT2D eigenvalue weighted by Gasteiger charge is -2.25. The lowest BCUT2D eigenvalue weighted by atomic mass is 9.97. The van der Waals surface area contributed by atoms with Crippen molar-refractivity contribution < 1.29 is 18.7 Å². The molecule has 3 aromatic carbocycles. The van der Waals surface area contributed by atoms with Crippen LogP contribution in [0.5, 0.6) is 5.75 Å². The lowest BCUT2D eigenvalue weighted by molar-refractivity contribution is 0.0931. The van der Waals surface area contributed by atoms with Gasteiger partial charge in [0.05, 0.1) is 18.7 Å². The van der Waals surface area contributed by atoms with E-state index in [2.05, 4.69) is 5.32 Å². The molecule has 0 fully saturated rings. The Bertz CT molecular complexity index is 1060. The van der Waals surface area contributed by atoms with Gasteiger partial charge in [0, 0.05) is 17.7 Å². The zero-order valence-electron chi connectivity index (χ0n) is 17.8. The largest absolute Gasteiger partial charge is 0.497 e. The van der Waals surface area contributed by atoms with Crippen molar-refractivity contribution in [2.45, 2.75) is 6.04 Å². The zero-order chi connectivity index (χ0) is 22.4. The van der Waals surface area contributed by atoms with Crippen LogP contribution in [0.1, 0.15) is 37.9 Å². The summed E-state index contributed by atoms with van der Waals surface area (Å²) < 4.78 is 18.5. The molecule has 0 aromatic heterocycles. The summed E-state index contributed by atoms with van der Waals surface area (Å²) in [6.07, 6.45) is 0. The standard InChI is InChI=1S/C25H25FN2O3/c1-28(2)23(18-7-6-8-20(15-18)31-3)16-27-25(30)22-10-5-4-9-21(22)24(29)17-11-13-19(26)14-12-17/h4-15,23H,16H2,1-3H3,(H,27,30). The second kappa shape index (κ2) is 10.00. The summed E-state index contributed by atoms with van der Waals surface area (Å²) in [4.78, 5) is 27.9. The molecular weight excluding hydrogens is 395 g/mol. The molecule has 1 amide bonds. The number of hydrogen-bond donors (Lipinski definition) is 1. The number of nitrogens with one attached hydrogen (secondary N) is 1. The molecule has 0 aliphatic carbocycles. The van der Waals surface area contributed by atoms with Crippen LogP contribution >= 0.6 is 0 Å². The quantitative estimate of drug-likeness (QED) is 0.558. The van der Waals surface area contributed by atoms with Crippen LogP contribution in [0.15, 0.2) is 72.8 Å². The normalized spacial score (nSPS) is 11.8. The number of nitrogens with zero attached hydrogens (tertiary/aromatic N) is 1. The molecule has 1 atom stereocenters. The van der Waals surface area contributed by atoms with E-state index in [-0.39, 0.29) is 28.9 Å². The number of carbonyl (C=O) groups is 2. The van der Waals surface area contributed by atoms with E-state index in [0.29, 0.717) is 12.1 Å². The number of ketones is 1. The number of ether oxygens (including phenoxy) is 1. The summed E-state index contributed by atoms with van der Waals surface area (Å²) in [6.45, 7) is 0.345. The monoisotopic (exact) mass is 420 g/mol. The van der Waals surface area contributed by atoms with Gasteiger partial charge in [-0.3, -0.25) is 9.59 Å². The lowest BCUT2D eigenvalue weighted by Crippen LogP contribution is -2.35. The van der Waals surface area contributed by atoms with Crippen molar-refractivity contribution in [1.82, 2.24) is 10.2 Å².